The van der Waals surface area contributed by atoms with E-state index >= 15 is 0 Å². The van der Waals surface area contributed by atoms with E-state index in [0.29, 0.717) is 21.5 Å². The summed E-state index contributed by atoms with van der Waals surface area (Å²) in [6.07, 6.45) is -3.22. The van der Waals surface area contributed by atoms with E-state index in [0.717, 1.165) is 18.2 Å². The van der Waals surface area contributed by atoms with E-state index in [1.54, 1.807) is 12.1 Å². The molecular formula is C17H14BrF3N2O3. The Hall–Kier alpha value is -2.55. The fourth-order valence-electron chi connectivity index (χ4n) is 2.12. The molecule has 0 aliphatic heterocycles. The van der Waals surface area contributed by atoms with Gasteiger partial charge in [-0.15, -0.1) is 0 Å². The van der Waals surface area contributed by atoms with Crippen molar-refractivity contribution in [1.29, 1.82) is 0 Å². The maximum Gasteiger partial charge on any atom is 0.416 e. The van der Waals surface area contributed by atoms with Crippen LogP contribution in [0.3, 0.4) is 0 Å². The summed E-state index contributed by atoms with van der Waals surface area (Å²) in [5.74, 6) is 0.0774. The van der Waals surface area contributed by atoms with Crippen molar-refractivity contribution in [3.8, 4) is 11.5 Å². The molecule has 138 valence electrons. The Labute approximate surface area is 155 Å². The summed E-state index contributed by atoms with van der Waals surface area (Å²) in [5, 5.41) is 3.77. The summed E-state index contributed by atoms with van der Waals surface area (Å²) in [5.41, 5.74) is 1.62. The van der Waals surface area contributed by atoms with Gasteiger partial charge in [0, 0.05) is 15.6 Å². The minimum atomic E-state index is -4.53. The van der Waals surface area contributed by atoms with Gasteiger partial charge in [-0.25, -0.2) is 5.43 Å². The molecule has 2 aromatic rings. The summed E-state index contributed by atoms with van der Waals surface area (Å²) >= 11 is 3.31. The lowest BCUT2D eigenvalue weighted by Crippen LogP contribution is -2.18. The minimum Gasteiger partial charge on any atom is -0.493 e. The Morgan fingerprint density at radius 3 is 2.54 bits per heavy atom. The predicted octanol–water partition coefficient (Wildman–Crippen LogP) is 4.25. The van der Waals surface area contributed by atoms with Gasteiger partial charge in [0.25, 0.3) is 5.91 Å². The van der Waals surface area contributed by atoms with Crippen molar-refractivity contribution in [2.75, 3.05) is 14.2 Å². The molecule has 0 heterocycles. The first-order chi connectivity index (χ1) is 12.3. The molecule has 0 saturated carbocycles. The van der Waals surface area contributed by atoms with Gasteiger partial charge in [-0.2, -0.15) is 18.3 Å². The molecule has 0 aromatic heterocycles. The van der Waals surface area contributed by atoms with Crippen molar-refractivity contribution in [1.82, 2.24) is 5.43 Å². The first-order valence-electron chi connectivity index (χ1n) is 7.18. The van der Waals surface area contributed by atoms with Crippen LogP contribution in [0.5, 0.6) is 11.5 Å². The van der Waals surface area contributed by atoms with E-state index in [1.807, 2.05) is 0 Å². The highest BCUT2D eigenvalue weighted by Gasteiger charge is 2.30. The van der Waals surface area contributed by atoms with Crippen LogP contribution in [-0.4, -0.2) is 26.3 Å². The first kappa shape index (κ1) is 19.8. The lowest BCUT2D eigenvalue weighted by molar-refractivity contribution is -0.137. The van der Waals surface area contributed by atoms with E-state index < -0.39 is 17.6 Å². The zero-order valence-corrected chi connectivity index (χ0v) is 15.3. The molecule has 1 N–H and O–H groups in total. The minimum absolute atomic E-state index is 0.157. The van der Waals surface area contributed by atoms with Crippen LogP contribution in [0.2, 0.25) is 0 Å². The topological polar surface area (TPSA) is 59.9 Å². The van der Waals surface area contributed by atoms with Crippen LogP contribution in [0.1, 0.15) is 21.5 Å². The molecule has 0 saturated heterocycles. The number of hydrogen-bond acceptors (Lipinski definition) is 4. The molecule has 0 spiro atoms. The molecule has 0 atom stereocenters. The third-order valence-electron chi connectivity index (χ3n) is 3.29. The average Bonchev–Trinajstić information content (AvgIpc) is 2.60. The van der Waals surface area contributed by atoms with Crippen LogP contribution in [0.15, 0.2) is 46.0 Å². The molecule has 0 unspecified atom stereocenters. The third kappa shape index (κ3) is 4.75. The van der Waals surface area contributed by atoms with Crippen molar-refractivity contribution in [2.24, 2.45) is 5.10 Å². The second-order valence-corrected chi connectivity index (χ2v) is 5.92. The SMILES string of the molecule is COc1cc(Br)cc(/C=N\NC(=O)c2cccc(C(F)(F)F)c2)c1OC. The van der Waals surface area contributed by atoms with Crippen LogP contribution in [0, 0.1) is 0 Å². The standard InChI is InChI=1S/C17H14BrF3N2O3/c1-25-14-8-13(18)7-11(15(14)26-2)9-22-23-16(24)10-4-3-5-12(6-10)17(19,20)21/h3-9H,1-2H3,(H,23,24)/b22-9-. The Morgan fingerprint density at radius 2 is 1.92 bits per heavy atom. The number of halogens is 4. The number of hydrazone groups is 1. The molecular weight excluding hydrogens is 417 g/mol. The summed E-state index contributed by atoms with van der Waals surface area (Å²) < 4.78 is 49.2. The van der Waals surface area contributed by atoms with Gasteiger partial charge in [0.05, 0.1) is 26.0 Å². The second-order valence-electron chi connectivity index (χ2n) is 5.01. The van der Waals surface area contributed by atoms with Gasteiger partial charge in [0.15, 0.2) is 11.5 Å². The lowest BCUT2D eigenvalue weighted by atomic mass is 10.1. The number of alkyl halides is 3. The van der Waals surface area contributed by atoms with Crippen molar-refractivity contribution >= 4 is 28.1 Å². The molecule has 9 heteroatoms. The molecule has 2 rings (SSSR count). The number of nitrogens with one attached hydrogen (secondary N) is 1. The Kier molecular flexibility index (Phi) is 6.25. The first-order valence-corrected chi connectivity index (χ1v) is 7.97. The van der Waals surface area contributed by atoms with Crippen molar-refractivity contribution in [3.05, 3.63) is 57.6 Å². The lowest BCUT2D eigenvalue weighted by Gasteiger charge is -2.11. The number of carbonyl (C=O) groups is 1. The van der Waals surface area contributed by atoms with Crippen molar-refractivity contribution < 1.29 is 27.4 Å². The smallest absolute Gasteiger partial charge is 0.416 e. The zero-order valence-electron chi connectivity index (χ0n) is 13.7. The summed E-state index contributed by atoms with van der Waals surface area (Å²) in [6.45, 7) is 0. The van der Waals surface area contributed by atoms with Crippen LogP contribution in [-0.2, 0) is 6.18 Å². The van der Waals surface area contributed by atoms with Crippen molar-refractivity contribution in [2.45, 2.75) is 6.18 Å². The number of nitrogens with zero attached hydrogens (tertiary/aromatic N) is 1. The van der Waals surface area contributed by atoms with Crippen LogP contribution < -0.4 is 14.9 Å². The molecule has 0 aliphatic rings. The van der Waals surface area contributed by atoms with E-state index in [4.69, 9.17) is 9.47 Å². The quantitative estimate of drug-likeness (QED) is 0.569. The third-order valence-corrected chi connectivity index (χ3v) is 3.75. The predicted molar refractivity (Wildman–Crippen MR) is 93.8 cm³/mol. The Bertz CT molecular complexity index is 838. The maximum absolute atomic E-state index is 12.7. The van der Waals surface area contributed by atoms with Crippen LogP contribution in [0.4, 0.5) is 13.2 Å². The molecule has 0 bridgehead atoms. The largest absolute Gasteiger partial charge is 0.493 e. The summed E-state index contributed by atoms with van der Waals surface area (Å²) in [6, 6.07) is 7.44. The van der Waals surface area contributed by atoms with E-state index in [9.17, 15) is 18.0 Å². The number of benzene rings is 2. The van der Waals surface area contributed by atoms with E-state index in [2.05, 4.69) is 26.5 Å². The fraction of sp³-hybridized carbons (Fsp3) is 0.176. The average molecular weight is 431 g/mol. The van der Waals surface area contributed by atoms with Gasteiger partial charge in [-0.1, -0.05) is 22.0 Å². The monoisotopic (exact) mass is 430 g/mol. The van der Waals surface area contributed by atoms with Gasteiger partial charge in [-0.3, -0.25) is 4.79 Å². The number of ether oxygens (including phenoxy) is 2. The van der Waals surface area contributed by atoms with Gasteiger partial charge in [0.1, 0.15) is 0 Å². The van der Waals surface area contributed by atoms with Crippen LogP contribution in [0.25, 0.3) is 0 Å². The molecule has 26 heavy (non-hydrogen) atoms. The molecule has 5 nitrogen and oxygen atoms in total. The number of carbonyl (C=O) groups excluding carboxylic acids is 1. The zero-order chi connectivity index (χ0) is 19.3. The number of amides is 1. The summed E-state index contributed by atoms with van der Waals surface area (Å²) in [7, 11) is 2.92. The van der Waals surface area contributed by atoms with Crippen molar-refractivity contribution in [3.63, 3.8) is 0 Å². The fourth-order valence-corrected chi connectivity index (χ4v) is 2.57. The molecule has 0 fully saturated rings. The molecule has 1 amide bonds. The van der Waals surface area contributed by atoms with E-state index in [1.165, 1.54) is 26.5 Å². The highest BCUT2D eigenvalue weighted by Crippen LogP contribution is 2.33. The van der Waals surface area contributed by atoms with Gasteiger partial charge < -0.3 is 9.47 Å². The normalized spacial score (nSPS) is 11.5. The van der Waals surface area contributed by atoms with Gasteiger partial charge in [0.2, 0.25) is 0 Å². The summed E-state index contributed by atoms with van der Waals surface area (Å²) in [4.78, 5) is 12.0. The van der Waals surface area contributed by atoms with E-state index in [-0.39, 0.29) is 5.56 Å². The Morgan fingerprint density at radius 1 is 1.19 bits per heavy atom. The number of methoxy groups -OCH3 is 2. The molecule has 2 aromatic carbocycles. The Balaban J connectivity index is 2.19. The maximum atomic E-state index is 12.7. The second kappa shape index (κ2) is 8.22. The molecule has 0 aliphatic carbocycles. The highest BCUT2D eigenvalue weighted by molar-refractivity contribution is 9.10. The number of rotatable bonds is 5. The van der Waals surface area contributed by atoms with Gasteiger partial charge >= 0.3 is 6.18 Å². The van der Waals surface area contributed by atoms with Crippen LogP contribution >= 0.6 is 15.9 Å². The highest BCUT2D eigenvalue weighted by atomic mass is 79.9. The molecule has 0 radical (unpaired) electrons. The number of hydrogen-bond donors (Lipinski definition) is 1. The van der Waals surface area contributed by atoms with Gasteiger partial charge in [-0.05, 0) is 30.3 Å².